The van der Waals surface area contributed by atoms with Gasteiger partial charge in [-0.05, 0) is 6.42 Å². The van der Waals surface area contributed by atoms with E-state index in [-0.39, 0.29) is 29.9 Å². The van der Waals surface area contributed by atoms with E-state index in [0.717, 1.165) is 4.68 Å². The molecule has 0 saturated carbocycles. The zero-order chi connectivity index (χ0) is 20.8. The molecule has 0 radical (unpaired) electrons. The van der Waals surface area contributed by atoms with Gasteiger partial charge in [0.05, 0.1) is 17.0 Å². The van der Waals surface area contributed by atoms with Gasteiger partial charge in [-0.25, -0.2) is 4.68 Å². The maximum atomic E-state index is 12.7. The molecule has 11 heteroatoms. The second-order valence-corrected chi connectivity index (χ2v) is 5.85. The number of benzene rings is 1. The van der Waals surface area contributed by atoms with Crippen molar-refractivity contribution in [1.29, 1.82) is 0 Å². The second-order valence-electron chi connectivity index (χ2n) is 5.85. The number of nitro benzene ring substituents is 1. The number of hydrogen-bond acceptors (Lipinski definition) is 7. The van der Waals surface area contributed by atoms with E-state index in [0.29, 0.717) is 6.42 Å². The molecule has 0 aliphatic rings. The molecule has 2 rings (SSSR count). The van der Waals surface area contributed by atoms with Crippen LogP contribution in [0, 0.1) is 10.1 Å². The van der Waals surface area contributed by atoms with Gasteiger partial charge in [-0.1, -0.05) is 31.5 Å². The molecule has 0 bridgehead atoms. The molecule has 0 saturated heterocycles. The van der Waals surface area contributed by atoms with Gasteiger partial charge in [-0.15, -0.1) is 0 Å². The summed E-state index contributed by atoms with van der Waals surface area (Å²) in [7, 11) is 0. The number of carbonyl (C=O) groups excluding carboxylic acids is 1. The van der Waals surface area contributed by atoms with E-state index in [4.69, 9.17) is 5.11 Å². The minimum absolute atomic E-state index is 0.0566. The maximum Gasteiger partial charge on any atom is 0.322 e. The van der Waals surface area contributed by atoms with Gasteiger partial charge in [-0.2, -0.15) is 5.10 Å². The predicted octanol–water partition coefficient (Wildman–Crippen LogP) is 0.672. The average molecular weight is 390 g/mol. The van der Waals surface area contributed by atoms with Crippen molar-refractivity contribution in [3.8, 4) is 5.75 Å². The number of carboxylic acids is 1. The Hall–Kier alpha value is -3.76. The van der Waals surface area contributed by atoms with E-state index in [9.17, 15) is 29.6 Å². The van der Waals surface area contributed by atoms with Gasteiger partial charge in [0.1, 0.15) is 17.8 Å². The number of aromatic nitrogens is 2. The van der Waals surface area contributed by atoms with Gasteiger partial charge in [0.25, 0.3) is 17.2 Å². The molecule has 0 fully saturated rings. The molecule has 1 amide bonds. The van der Waals surface area contributed by atoms with Crippen LogP contribution in [0.4, 0.5) is 5.69 Å². The van der Waals surface area contributed by atoms with Crippen LogP contribution >= 0.6 is 0 Å². The highest BCUT2D eigenvalue weighted by Crippen LogP contribution is 2.21. The Labute approximate surface area is 158 Å². The number of aliphatic carboxylic acids is 1. The fourth-order valence-corrected chi connectivity index (χ4v) is 2.56. The highest BCUT2D eigenvalue weighted by atomic mass is 16.6. The number of amides is 1. The molecule has 1 heterocycles. The van der Waals surface area contributed by atoms with E-state index in [2.05, 4.69) is 5.10 Å². The fraction of sp³-hybridized carbons (Fsp3) is 0.294. The summed E-state index contributed by atoms with van der Waals surface area (Å²) in [5, 5.41) is 36.2. The highest BCUT2D eigenvalue weighted by molar-refractivity contribution is 5.98. The van der Waals surface area contributed by atoms with E-state index in [1.807, 2.05) is 5.32 Å². The first-order valence-electron chi connectivity index (χ1n) is 8.31. The van der Waals surface area contributed by atoms with Crippen LogP contribution in [0.15, 0.2) is 29.1 Å². The number of aromatic hydroxyl groups is 1. The Morgan fingerprint density at radius 3 is 2.61 bits per heavy atom. The molecule has 0 atom stereocenters. The topological polar surface area (TPSA) is 165 Å². The van der Waals surface area contributed by atoms with Gasteiger partial charge in [0.2, 0.25) is 0 Å². The zero-order valence-electron chi connectivity index (χ0n) is 14.9. The third kappa shape index (κ3) is 4.50. The van der Waals surface area contributed by atoms with Crippen LogP contribution in [0.5, 0.6) is 5.75 Å². The van der Waals surface area contributed by atoms with Gasteiger partial charge in [-0.3, -0.25) is 24.5 Å². The van der Waals surface area contributed by atoms with E-state index in [1.165, 1.54) is 18.2 Å². The lowest BCUT2D eigenvalue weighted by Crippen LogP contribution is -2.37. The van der Waals surface area contributed by atoms with Crippen molar-refractivity contribution >= 4 is 17.6 Å². The standard InChI is InChI=1S/C17H18N4O7/c1-2-5-11-15(24)14(16(25)18-8-13(22)23)17(26)20(19-11)9-10-6-3-4-7-12(10)21(27)28/h3-4,6-7,24H,2,5,8-9H2,1H3,(H,18,25)(H,22,23). The summed E-state index contributed by atoms with van der Waals surface area (Å²) in [6, 6.07) is 5.75. The van der Waals surface area contributed by atoms with Crippen molar-refractivity contribution in [3.05, 3.63) is 61.6 Å². The zero-order valence-corrected chi connectivity index (χ0v) is 14.9. The Morgan fingerprint density at radius 1 is 1.32 bits per heavy atom. The molecule has 1 aromatic heterocycles. The van der Waals surface area contributed by atoms with Crippen LogP contribution in [-0.2, 0) is 17.8 Å². The summed E-state index contributed by atoms with van der Waals surface area (Å²) < 4.78 is 0.850. The lowest BCUT2D eigenvalue weighted by atomic mass is 10.1. The van der Waals surface area contributed by atoms with E-state index >= 15 is 0 Å². The van der Waals surface area contributed by atoms with E-state index < -0.39 is 40.2 Å². The Bertz CT molecular complexity index is 984. The summed E-state index contributed by atoms with van der Waals surface area (Å²) in [5.41, 5.74) is -1.62. The van der Waals surface area contributed by atoms with Crippen molar-refractivity contribution in [2.45, 2.75) is 26.3 Å². The predicted molar refractivity (Wildman–Crippen MR) is 96.3 cm³/mol. The molecule has 3 N–H and O–H groups in total. The molecule has 11 nitrogen and oxygen atoms in total. The molecule has 0 spiro atoms. The second kappa shape index (κ2) is 8.75. The summed E-state index contributed by atoms with van der Waals surface area (Å²) in [6.07, 6.45) is 0.780. The molecule has 0 aliphatic carbocycles. The Balaban J connectivity index is 2.56. The fourth-order valence-electron chi connectivity index (χ4n) is 2.56. The highest BCUT2D eigenvalue weighted by Gasteiger charge is 2.24. The number of aryl methyl sites for hydroxylation is 1. The van der Waals surface area contributed by atoms with Crippen LogP contribution in [-0.4, -0.2) is 43.3 Å². The van der Waals surface area contributed by atoms with E-state index in [1.54, 1.807) is 13.0 Å². The number of rotatable bonds is 8. The number of para-hydroxylation sites is 1. The number of nitro groups is 1. The molecule has 1 aromatic carbocycles. The number of carboxylic acid groups (broad SMARTS) is 1. The summed E-state index contributed by atoms with van der Waals surface area (Å²) in [5.74, 6) is -3.02. The largest absolute Gasteiger partial charge is 0.505 e. The van der Waals surface area contributed by atoms with Crippen LogP contribution in [0.1, 0.15) is 35.0 Å². The minimum Gasteiger partial charge on any atom is -0.505 e. The summed E-state index contributed by atoms with van der Waals surface area (Å²) in [6.45, 7) is 0.752. The van der Waals surface area contributed by atoms with Crippen molar-refractivity contribution in [2.75, 3.05) is 6.54 Å². The monoisotopic (exact) mass is 390 g/mol. The molecule has 0 aliphatic heterocycles. The number of nitrogens with one attached hydrogen (secondary N) is 1. The van der Waals surface area contributed by atoms with Crippen LogP contribution in [0.2, 0.25) is 0 Å². The van der Waals surface area contributed by atoms with Crippen molar-refractivity contribution in [1.82, 2.24) is 15.1 Å². The number of nitrogens with zero attached hydrogens (tertiary/aromatic N) is 3. The van der Waals surface area contributed by atoms with Gasteiger partial charge in [0, 0.05) is 6.07 Å². The van der Waals surface area contributed by atoms with Crippen LogP contribution in [0.25, 0.3) is 0 Å². The Morgan fingerprint density at radius 2 is 2.00 bits per heavy atom. The normalized spacial score (nSPS) is 10.5. The lowest BCUT2D eigenvalue weighted by Gasteiger charge is -2.13. The molecular weight excluding hydrogens is 372 g/mol. The Kier molecular flexibility index (Phi) is 6.42. The molecule has 2 aromatic rings. The molecular formula is C17H18N4O7. The quantitative estimate of drug-likeness (QED) is 0.437. The van der Waals surface area contributed by atoms with Crippen molar-refractivity contribution in [3.63, 3.8) is 0 Å². The SMILES string of the molecule is CCCc1nn(Cc2ccccc2[N+](=O)[O-])c(=O)c(C(=O)NCC(=O)O)c1O. The first kappa shape index (κ1) is 20.6. The first-order chi connectivity index (χ1) is 13.3. The molecule has 0 unspecified atom stereocenters. The summed E-state index contributed by atoms with van der Waals surface area (Å²) >= 11 is 0. The molecule has 28 heavy (non-hydrogen) atoms. The average Bonchev–Trinajstić information content (AvgIpc) is 2.64. The lowest BCUT2D eigenvalue weighted by molar-refractivity contribution is -0.385. The third-order valence-corrected chi connectivity index (χ3v) is 3.82. The maximum absolute atomic E-state index is 12.7. The van der Waals surface area contributed by atoms with Crippen LogP contribution in [0.3, 0.4) is 0 Å². The van der Waals surface area contributed by atoms with Gasteiger partial charge in [0.15, 0.2) is 5.75 Å². The van der Waals surface area contributed by atoms with Crippen LogP contribution < -0.4 is 10.9 Å². The van der Waals surface area contributed by atoms with Gasteiger partial charge < -0.3 is 15.5 Å². The minimum atomic E-state index is -1.32. The molecule has 148 valence electrons. The third-order valence-electron chi connectivity index (χ3n) is 3.82. The van der Waals surface area contributed by atoms with Crippen molar-refractivity contribution < 1.29 is 24.7 Å². The number of hydrogen-bond donors (Lipinski definition) is 3. The smallest absolute Gasteiger partial charge is 0.322 e. The summed E-state index contributed by atoms with van der Waals surface area (Å²) in [4.78, 5) is 46.2. The first-order valence-corrected chi connectivity index (χ1v) is 8.31. The van der Waals surface area contributed by atoms with Gasteiger partial charge >= 0.3 is 5.97 Å². The number of carbonyl (C=O) groups is 2. The van der Waals surface area contributed by atoms with Crippen molar-refractivity contribution in [2.24, 2.45) is 0 Å².